The van der Waals surface area contributed by atoms with Gasteiger partial charge in [0, 0.05) is 5.56 Å². The first-order chi connectivity index (χ1) is 8.99. The minimum absolute atomic E-state index is 0.0146. The third-order valence-electron chi connectivity index (χ3n) is 3.24. The molecule has 1 atom stereocenters. The Morgan fingerprint density at radius 2 is 1.89 bits per heavy atom. The van der Waals surface area contributed by atoms with E-state index in [1.165, 1.54) is 0 Å². The van der Waals surface area contributed by atoms with E-state index >= 15 is 0 Å². The van der Waals surface area contributed by atoms with Crippen LogP contribution in [0.5, 0.6) is 5.75 Å². The maximum Gasteiger partial charge on any atom is 0.121 e. The normalized spacial score (nSPS) is 12.2. The molecule has 0 saturated carbocycles. The van der Waals surface area contributed by atoms with Crippen LogP contribution in [0.3, 0.4) is 0 Å². The fourth-order valence-electron chi connectivity index (χ4n) is 2.13. The SMILES string of the molecule is Cc1ccc(C(C)Nc2c(C)cccc2Cl)c(O)c1. The standard InChI is InChI=1S/C16H18ClNO/c1-10-7-8-13(15(19)9-10)12(3)18-16-11(2)5-4-6-14(16)17/h4-9,12,18-19H,1-3H3. The van der Waals surface area contributed by atoms with Crippen LogP contribution in [0.15, 0.2) is 36.4 Å². The van der Waals surface area contributed by atoms with Crippen molar-refractivity contribution >= 4 is 17.3 Å². The van der Waals surface area contributed by atoms with Gasteiger partial charge in [0.25, 0.3) is 0 Å². The predicted molar refractivity (Wildman–Crippen MR) is 81.1 cm³/mol. The summed E-state index contributed by atoms with van der Waals surface area (Å²) in [5.74, 6) is 0.310. The molecule has 0 radical (unpaired) electrons. The van der Waals surface area contributed by atoms with Crippen molar-refractivity contribution in [2.75, 3.05) is 5.32 Å². The van der Waals surface area contributed by atoms with Crippen LogP contribution in [-0.2, 0) is 0 Å². The Labute approximate surface area is 119 Å². The fourth-order valence-corrected chi connectivity index (χ4v) is 2.41. The molecule has 0 aliphatic heterocycles. The molecule has 2 aromatic rings. The second-order valence-electron chi connectivity index (χ2n) is 4.86. The molecule has 2 N–H and O–H groups in total. The van der Waals surface area contributed by atoms with E-state index in [1.807, 2.05) is 51.1 Å². The van der Waals surface area contributed by atoms with Gasteiger partial charge in [-0.25, -0.2) is 0 Å². The van der Waals surface area contributed by atoms with Gasteiger partial charge in [0.05, 0.1) is 16.8 Å². The first kappa shape index (κ1) is 13.8. The first-order valence-corrected chi connectivity index (χ1v) is 6.68. The Hall–Kier alpha value is -1.67. The smallest absolute Gasteiger partial charge is 0.121 e. The Kier molecular flexibility index (Phi) is 4.01. The molecule has 0 spiro atoms. The molecule has 1 unspecified atom stereocenters. The van der Waals surface area contributed by atoms with Gasteiger partial charge in [0.2, 0.25) is 0 Å². The highest BCUT2D eigenvalue weighted by Crippen LogP contribution is 2.32. The van der Waals surface area contributed by atoms with Crippen LogP contribution < -0.4 is 5.32 Å². The number of aryl methyl sites for hydroxylation is 2. The molecule has 0 saturated heterocycles. The van der Waals surface area contributed by atoms with Gasteiger partial charge in [0.1, 0.15) is 5.75 Å². The van der Waals surface area contributed by atoms with Gasteiger partial charge >= 0.3 is 0 Å². The van der Waals surface area contributed by atoms with Crippen LogP contribution >= 0.6 is 11.6 Å². The van der Waals surface area contributed by atoms with Crippen molar-refractivity contribution in [2.24, 2.45) is 0 Å². The minimum atomic E-state index is -0.0146. The summed E-state index contributed by atoms with van der Waals surface area (Å²) in [6, 6.07) is 11.5. The van der Waals surface area contributed by atoms with E-state index in [4.69, 9.17) is 11.6 Å². The molecule has 0 fully saturated rings. The lowest BCUT2D eigenvalue weighted by Gasteiger charge is -2.19. The molecule has 0 aliphatic rings. The third kappa shape index (κ3) is 3.02. The molecule has 0 amide bonds. The maximum atomic E-state index is 10.0. The van der Waals surface area contributed by atoms with E-state index in [0.29, 0.717) is 10.8 Å². The molecule has 100 valence electrons. The zero-order valence-electron chi connectivity index (χ0n) is 11.4. The average molecular weight is 276 g/mol. The Bertz CT molecular complexity index is 575. The molecular weight excluding hydrogens is 258 g/mol. The van der Waals surface area contributed by atoms with Crippen molar-refractivity contribution in [1.82, 2.24) is 0 Å². The van der Waals surface area contributed by atoms with Crippen LogP contribution in [0.25, 0.3) is 0 Å². The van der Waals surface area contributed by atoms with E-state index in [1.54, 1.807) is 6.07 Å². The lowest BCUT2D eigenvalue weighted by molar-refractivity contribution is 0.465. The number of nitrogens with one attached hydrogen (secondary N) is 1. The van der Waals surface area contributed by atoms with Crippen LogP contribution in [0, 0.1) is 13.8 Å². The topological polar surface area (TPSA) is 32.3 Å². The van der Waals surface area contributed by atoms with Gasteiger partial charge in [-0.1, -0.05) is 35.9 Å². The van der Waals surface area contributed by atoms with Crippen molar-refractivity contribution in [2.45, 2.75) is 26.8 Å². The minimum Gasteiger partial charge on any atom is -0.508 e. The second kappa shape index (κ2) is 5.54. The first-order valence-electron chi connectivity index (χ1n) is 6.30. The highest BCUT2D eigenvalue weighted by atomic mass is 35.5. The number of aromatic hydroxyl groups is 1. The molecule has 0 aliphatic carbocycles. The Balaban J connectivity index is 2.28. The van der Waals surface area contributed by atoms with Crippen LogP contribution in [0.2, 0.25) is 5.02 Å². The van der Waals surface area contributed by atoms with Gasteiger partial charge < -0.3 is 10.4 Å². The maximum absolute atomic E-state index is 10.0. The quantitative estimate of drug-likeness (QED) is 0.840. The Morgan fingerprint density at radius 3 is 2.53 bits per heavy atom. The number of benzene rings is 2. The lowest BCUT2D eigenvalue weighted by Crippen LogP contribution is -2.08. The van der Waals surface area contributed by atoms with E-state index in [9.17, 15) is 5.11 Å². The van der Waals surface area contributed by atoms with Crippen LogP contribution in [0.1, 0.15) is 29.7 Å². The summed E-state index contributed by atoms with van der Waals surface area (Å²) in [5, 5.41) is 14.1. The average Bonchev–Trinajstić information content (AvgIpc) is 2.33. The zero-order chi connectivity index (χ0) is 14.0. The molecule has 0 aromatic heterocycles. The van der Waals surface area contributed by atoms with Gasteiger partial charge in [-0.3, -0.25) is 0 Å². The number of phenols is 1. The fraction of sp³-hybridized carbons (Fsp3) is 0.250. The van der Waals surface area contributed by atoms with Gasteiger partial charge in [-0.15, -0.1) is 0 Å². The number of phenolic OH excluding ortho intramolecular Hbond substituents is 1. The summed E-state index contributed by atoms with van der Waals surface area (Å²) in [4.78, 5) is 0. The largest absolute Gasteiger partial charge is 0.508 e. The summed E-state index contributed by atoms with van der Waals surface area (Å²) in [6.45, 7) is 5.98. The second-order valence-corrected chi connectivity index (χ2v) is 5.27. The van der Waals surface area contributed by atoms with Crippen LogP contribution in [-0.4, -0.2) is 5.11 Å². The lowest BCUT2D eigenvalue weighted by atomic mass is 10.0. The molecule has 3 heteroatoms. The number of rotatable bonds is 3. The molecule has 2 rings (SSSR count). The van der Waals surface area contributed by atoms with E-state index in [-0.39, 0.29) is 6.04 Å². The van der Waals surface area contributed by atoms with Gasteiger partial charge in [-0.05, 0) is 44.0 Å². The van der Waals surface area contributed by atoms with Crippen LogP contribution in [0.4, 0.5) is 5.69 Å². The molecule has 0 bridgehead atoms. The number of anilines is 1. The van der Waals surface area contributed by atoms with Crippen molar-refractivity contribution in [3.05, 3.63) is 58.1 Å². The number of para-hydroxylation sites is 1. The highest BCUT2D eigenvalue weighted by Gasteiger charge is 2.12. The molecule has 2 aromatic carbocycles. The zero-order valence-corrected chi connectivity index (χ0v) is 12.1. The van der Waals surface area contributed by atoms with E-state index in [2.05, 4.69) is 5.32 Å². The molecule has 0 heterocycles. The van der Waals surface area contributed by atoms with Crippen molar-refractivity contribution in [3.63, 3.8) is 0 Å². The van der Waals surface area contributed by atoms with E-state index in [0.717, 1.165) is 22.4 Å². The summed E-state index contributed by atoms with van der Waals surface area (Å²) in [5.41, 5.74) is 3.91. The summed E-state index contributed by atoms with van der Waals surface area (Å²) >= 11 is 6.20. The monoisotopic (exact) mass is 275 g/mol. The molecular formula is C16H18ClNO. The highest BCUT2D eigenvalue weighted by molar-refractivity contribution is 6.33. The summed E-state index contributed by atoms with van der Waals surface area (Å²) in [6.07, 6.45) is 0. The third-order valence-corrected chi connectivity index (χ3v) is 3.55. The number of hydrogen-bond acceptors (Lipinski definition) is 2. The van der Waals surface area contributed by atoms with Gasteiger partial charge in [-0.2, -0.15) is 0 Å². The Morgan fingerprint density at radius 1 is 1.16 bits per heavy atom. The van der Waals surface area contributed by atoms with Crippen molar-refractivity contribution in [1.29, 1.82) is 0 Å². The predicted octanol–water partition coefficient (Wildman–Crippen LogP) is 4.84. The molecule has 19 heavy (non-hydrogen) atoms. The summed E-state index contributed by atoms with van der Waals surface area (Å²) in [7, 11) is 0. The molecule has 2 nitrogen and oxygen atoms in total. The number of halogens is 1. The van der Waals surface area contributed by atoms with Gasteiger partial charge in [0.15, 0.2) is 0 Å². The summed E-state index contributed by atoms with van der Waals surface area (Å²) < 4.78 is 0. The van der Waals surface area contributed by atoms with Crippen molar-refractivity contribution in [3.8, 4) is 5.75 Å². The van der Waals surface area contributed by atoms with Crippen molar-refractivity contribution < 1.29 is 5.11 Å². The van der Waals surface area contributed by atoms with E-state index < -0.39 is 0 Å². The number of hydrogen-bond donors (Lipinski definition) is 2.